The molecule has 0 spiro atoms. The molecule has 0 radical (unpaired) electrons. The second kappa shape index (κ2) is 15.8. The van der Waals surface area contributed by atoms with E-state index in [4.69, 9.17) is 28.4 Å². The van der Waals surface area contributed by atoms with Crippen LogP contribution in [0, 0.1) is 0 Å². The van der Waals surface area contributed by atoms with Crippen molar-refractivity contribution in [1.29, 1.82) is 0 Å². The number of ether oxygens (including phenoxy) is 6. The summed E-state index contributed by atoms with van der Waals surface area (Å²) in [6, 6.07) is 40.5. The van der Waals surface area contributed by atoms with Crippen LogP contribution in [-0.4, -0.2) is 50.8 Å². The monoisotopic (exact) mass is 568 g/mol. The minimum atomic E-state index is -0.496. The van der Waals surface area contributed by atoms with Crippen molar-refractivity contribution in [2.24, 2.45) is 0 Å². The first-order valence-corrected chi connectivity index (χ1v) is 14.4. The highest BCUT2D eigenvalue weighted by atomic mass is 16.6. The third kappa shape index (κ3) is 7.92. The first-order chi connectivity index (χ1) is 20.8. The molecule has 4 aromatic carbocycles. The zero-order valence-electron chi connectivity index (χ0n) is 24.3. The maximum absolute atomic E-state index is 6.68. The molecule has 220 valence electrons. The molecule has 1 saturated carbocycles. The fourth-order valence-electron chi connectivity index (χ4n) is 5.48. The summed E-state index contributed by atoms with van der Waals surface area (Å²) in [7, 11) is 3.38. The van der Waals surface area contributed by atoms with E-state index in [-0.39, 0.29) is 0 Å². The Morgan fingerprint density at radius 3 is 0.786 bits per heavy atom. The van der Waals surface area contributed by atoms with Crippen LogP contribution in [0.25, 0.3) is 0 Å². The Morgan fingerprint density at radius 1 is 0.333 bits per heavy atom. The van der Waals surface area contributed by atoms with Gasteiger partial charge in [0, 0.05) is 14.2 Å². The van der Waals surface area contributed by atoms with Gasteiger partial charge in [0.15, 0.2) is 0 Å². The second-order valence-corrected chi connectivity index (χ2v) is 10.4. The Labute approximate surface area is 249 Å². The molecule has 4 aromatic rings. The number of hydrogen-bond acceptors (Lipinski definition) is 6. The van der Waals surface area contributed by atoms with Crippen LogP contribution in [0.5, 0.6) is 0 Å². The summed E-state index contributed by atoms with van der Waals surface area (Å²) < 4.78 is 38.9. The lowest BCUT2D eigenvalue weighted by molar-refractivity contribution is -0.281. The predicted octanol–water partition coefficient (Wildman–Crippen LogP) is 6.37. The number of benzene rings is 4. The summed E-state index contributed by atoms with van der Waals surface area (Å²) in [5.74, 6) is 0. The summed E-state index contributed by atoms with van der Waals surface area (Å²) in [5, 5.41) is 0. The van der Waals surface area contributed by atoms with Gasteiger partial charge in [-0.25, -0.2) is 0 Å². The van der Waals surface area contributed by atoms with E-state index in [0.29, 0.717) is 26.4 Å². The fraction of sp³-hybridized carbons (Fsp3) is 0.333. The van der Waals surface area contributed by atoms with Gasteiger partial charge in [0.2, 0.25) is 0 Å². The molecule has 0 saturated heterocycles. The average Bonchev–Trinajstić information content (AvgIpc) is 3.06. The van der Waals surface area contributed by atoms with E-state index in [9.17, 15) is 0 Å². The molecule has 1 aliphatic carbocycles. The van der Waals surface area contributed by atoms with Crippen molar-refractivity contribution >= 4 is 0 Å². The molecule has 6 heteroatoms. The lowest BCUT2D eigenvalue weighted by Gasteiger charge is -2.49. The van der Waals surface area contributed by atoms with Crippen molar-refractivity contribution < 1.29 is 28.4 Å². The van der Waals surface area contributed by atoms with Gasteiger partial charge < -0.3 is 28.4 Å². The lowest BCUT2D eigenvalue weighted by atomic mass is 9.83. The van der Waals surface area contributed by atoms with E-state index in [2.05, 4.69) is 36.4 Å². The van der Waals surface area contributed by atoms with Crippen molar-refractivity contribution in [3.63, 3.8) is 0 Å². The van der Waals surface area contributed by atoms with Crippen LogP contribution in [0.2, 0.25) is 0 Å². The van der Waals surface area contributed by atoms with Gasteiger partial charge in [0.05, 0.1) is 26.4 Å². The average molecular weight is 569 g/mol. The molecule has 0 aliphatic heterocycles. The molecule has 1 fully saturated rings. The summed E-state index contributed by atoms with van der Waals surface area (Å²) >= 11 is 0. The van der Waals surface area contributed by atoms with Crippen molar-refractivity contribution in [1.82, 2.24) is 0 Å². The normalized spacial score (nSPS) is 24.0. The topological polar surface area (TPSA) is 55.4 Å². The SMILES string of the molecule is CO[C@H]1C(OCc2ccccc2)[C@H](OC)[C@@H](OCc2ccccc2)C(OCc2ccccc2)[C@@H]1OCc1ccccc1. The van der Waals surface area contributed by atoms with Gasteiger partial charge in [-0.05, 0) is 22.3 Å². The summed E-state index contributed by atoms with van der Waals surface area (Å²) in [6.45, 7) is 1.58. The highest BCUT2D eigenvalue weighted by Gasteiger charge is 2.54. The number of rotatable bonds is 14. The van der Waals surface area contributed by atoms with Crippen LogP contribution in [-0.2, 0) is 54.8 Å². The quantitative estimate of drug-likeness (QED) is 0.176. The molecule has 0 aromatic heterocycles. The van der Waals surface area contributed by atoms with E-state index in [1.54, 1.807) is 14.2 Å². The minimum Gasteiger partial charge on any atom is -0.376 e. The molecule has 0 unspecified atom stereocenters. The van der Waals surface area contributed by atoms with E-state index in [0.717, 1.165) is 22.3 Å². The minimum absolute atomic E-state index is 0.393. The van der Waals surface area contributed by atoms with Crippen molar-refractivity contribution in [3.05, 3.63) is 144 Å². The number of hydrogen-bond donors (Lipinski definition) is 0. The summed E-state index contributed by atoms with van der Waals surface area (Å²) in [4.78, 5) is 0. The number of methoxy groups -OCH3 is 2. The van der Waals surface area contributed by atoms with Crippen LogP contribution in [0.15, 0.2) is 121 Å². The standard InChI is InChI=1S/C36H40O6/c1-37-31-33(39-23-27-15-7-3-8-16-27)32(38-2)35(41-25-29-19-11-5-12-20-29)36(42-26-30-21-13-6-14-22-30)34(31)40-24-28-17-9-4-10-18-28/h3-22,31-36H,23-26H2,1-2H3/t31-,32-,33?,34+,35+,36?/m0/s1. The summed E-state index contributed by atoms with van der Waals surface area (Å²) in [6.07, 6.45) is -2.90. The van der Waals surface area contributed by atoms with Crippen LogP contribution < -0.4 is 0 Å². The van der Waals surface area contributed by atoms with Crippen molar-refractivity contribution in [3.8, 4) is 0 Å². The van der Waals surface area contributed by atoms with Crippen LogP contribution in [0.4, 0.5) is 0 Å². The van der Waals surface area contributed by atoms with E-state index in [1.165, 1.54) is 0 Å². The zero-order chi connectivity index (χ0) is 29.0. The Bertz CT molecular complexity index is 1230. The predicted molar refractivity (Wildman–Crippen MR) is 162 cm³/mol. The Balaban J connectivity index is 1.46. The third-order valence-corrected chi connectivity index (χ3v) is 7.63. The van der Waals surface area contributed by atoms with Gasteiger partial charge in [0.25, 0.3) is 0 Å². The second-order valence-electron chi connectivity index (χ2n) is 10.4. The molecular weight excluding hydrogens is 528 g/mol. The smallest absolute Gasteiger partial charge is 0.116 e. The molecule has 4 atom stereocenters. The van der Waals surface area contributed by atoms with Gasteiger partial charge in [-0.3, -0.25) is 0 Å². The van der Waals surface area contributed by atoms with Gasteiger partial charge in [-0.2, -0.15) is 0 Å². The summed E-state index contributed by atoms with van der Waals surface area (Å²) in [5.41, 5.74) is 4.25. The zero-order valence-corrected chi connectivity index (χ0v) is 24.3. The van der Waals surface area contributed by atoms with E-state index < -0.39 is 36.6 Å². The Kier molecular flexibility index (Phi) is 11.3. The maximum Gasteiger partial charge on any atom is 0.116 e. The van der Waals surface area contributed by atoms with E-state index in [1.807, 2.05) is 84.9 Å². The highest BCUT2D eigenvalue weighted by molar-refractivity contribution is 5.17. The molecule has 0 heterocycles. The molecule has 0 amide bonds. The maximum atomic E-state index is 6.68. The molecule has 5 rings (SSSR count). The molecule has 42 heavy (non-hydrogen) atoms. The van der Waals surface area contributed by atoms with E-state index >= 15 is 0 Å². The molecule has 0 bridgehead atoms. The van der Waals surface area contributed by atoms with Gasteiger partial charge in [0.1, 0.15) is 36.6 Å². The first kappa shape index (κ1) is 30.1. The Morgan fingerprint density at radius 2 is 0.548 bits per heavy atom. The van der Waals surface area contributed by atoms with Crippen molar-refractivity contribution in [2.75, 3.05) is 14.2 Å². The van der Waals surface area contributed by atoms with Gasteiger partial charge >= 0.3 is 0 Å². The van der Waals surface area contributed by atoms with Gasteiger partial charge in [-0.1, -0.05) is 121 Å². The van der Waals surface area contributed by atoms with Crippen molar-refractivity contribution in [2.45, 2.75) is 63.1 Å². The first-order valence-electron chi connectivity index (χ1n) is 14.4. The molecule has 1 aliphatic rings. The van der Waals surface area contributed by atoms with Crippen LogP contribution in [0.1, 0.15) is 22.3 Å². The van der Waals surface area contributed by atoms with Gasteiger partial charge in [-0.15, -0.1) is 0 Å². The third-order valence-electron chi connectivity index (χ3n) is 7.63. The molecule has 6 nitrogen and oxygen atoms in total. The largest absolute Gasteiger partial charge is 0.376 e. The van der Waals surface area contributed by atoms with Crippen LogP contribution >= 0.6 is 0 Å². The molecular formula is C36H40O6. The highest BCUT2D eigenvalue weighted by Crippen LogP contribution is 2.35. The fourth-order valence-corrected chi connectivity index (χ4v) is 5.48. The van der Waals surface area contributed by atoms with Crippen LogP contribution in [0.3, 0.4) is 0 Å². The Hall–Kier alpha value is -3.36. The molecule has 0 N–H and O–H groups in total. The lowest BCUT2D eigenvalue weighted by Crippen LogP contribution is -2.67.